The average Bonchev–Trinajstić information content (AvgIpc) is 0. The van der Waals surface area contributed by atoms with Crippen molar-refractivity contribution in [3.63, 3.8) is 0 Å². The molecule has 0 unspecified atom stereocenters. The van der Waals surface area contributed by atoms with Gasteiger partial charge in [-0.3, -0.25) is 4.70 Å². The van der Waals surface area contributed by atoms with E-state index in [2.05, 4.69) is 0 Å². The monoisotopic (exact) mass is 96.0 g/mol. The van der Waals surface area contributed by atoms with Crippen LogP contribution in [0.2, 0.25) is 0 Å². The van der Waals surface area contributed by atoms with Gasteiger partial charge in [-0.05, 0) is 0 Å². The minimum atomic E-state index is 0. The first kappa shape index (κ1) is 73.2. The van der Waals surface area contributed by atoms with Crippen LogP contribution in [-0.4, -0.2) is 24.3 Å². The van der Waals surface area contributed by atoms with Gasteiger partial charge in [0.25, 0.3) is 0 Å². The third kappa shape index (κ3) is 11.5. The second-order valence-electron chi connectivity index (χ2n) is 0. The molecule has 0 bridgehead atoms. The van der Waals surface area contributed by atoms with E-state index in [1.807, 2.05) is 0 Å². The van der Waals surface area contributed by atoms with Gasteiger partial charge in [-0.2, -0.15) is 0 Å². The molecule has 0 amide bonds. The zero-order valence-corrected chi connectivity index (χ0v) is 3.75. The smallest absolute Gasteiger partial charge is 0 e. The van der Waals surface area contributed by atoms with Crippen LogP contribution in [0, 0.1) is 0 Å². The molecule has 2 N–H and O–H groups in total. The van der Waals surface area contributed by atoms with Gasteiger partial charge < -0.3 is 5.48 Å². The van der Waals surface area contributed by atoms with Crippen molar-refractivity contribution in [2.24, 2.45) is 0 Å². The number of hydrogen-bond donors (Lipinski definition) is 0. The second-order valence-corrected chi connectivity index (χ2v) is 0. The van der Waals surface area contributed by atoms with E-state index < -0.39 is 0 Å². The van der Waals surface area contributed by atoms with Gasteiger partial charge in [0.15, 0.2) is 0 Å². The van der Waals surface area contributed by atoms with Crippen molar-refractivity contribution in [3.8, 4) is 0 Å². The molecule has 0 saturated carbocycles. The first-order valence-electron chi connectivity index (χ1n) is 0. The van der Waals surface area contributed by atoms with E-state index in [4.69, 9.17) is 0 Å². The molecule has 0 fully saturated rings. The Balaban J connectivity index is 0. The maximum absolute atomic E-state index is 0. The molecule has 22 valence electrons. The van der Waals surface area contributed by atoms with Gasteiger partial charge in [0.05, 0.1) is 0 Å². The van der Waals surface area contributed by atoms with E-state index in [-0.39, 0.29) is 47.6 Å². The molecule has 0 atom stereocenters. The summed E-state index contributed by atoms with van der Waals surface area (Å²) in [5.41, 5.74) is 0. The summed E-state index contributed by atoms with van der Waals surface area (Å²) in [4.78, 5) is 0. The SMILES string of the molecule is F.O.[Li].[V]. The normalized spacial score (nSPS) is 0. The standard InChI is InChI=1S/FH.Li.H2O.V/h1H;;1H2;. The molecule has 0 aliphatic carbocycles. The third-order valence-corrected chi connectivity index (χ3v) is 0. The molecule has 0 aromatic heterocycles. The zero-order chi connectivity index (χ0) is 0. The van der Waals surface area contributed by atoms with Crippen molar-refractivity contribution in [1.82, 2.24) is 0 Å². The summed E-state index contributed by atoms with van der Waals surface area (Å²) in [7, 11) is 0. The van der Waals surface area contributed by atoms with Crippen LogP contribution < -0.4 is 0 Å². The molecular formula is H3FLiOV. The Morgan fingerprint density at radius 1 is 1.00 bits per heavy atom. The van der Waals surface area contributed by atoms with Crippen molar-refractivity contribution >= 4 is 18.9 Å². The summed E-state index contributed by atoms with van der Waals surface area (Å²) in [6.45, 7) is 0. The molecule has 0 spiro atoms. The van der Waals surface area contributed by atoms with Gasteiger partial charge in [0, 0.05) is 37.4 Å². The topological polar surface area (TPSA) is 31.5 Å². The van der Waals surface area contributed by atoms with Crippen molar-refractivity contribution in [1.29, 1.82) is 0 Å². The van der Waals surface area contributed by atoms with Crippen LogP contribution in [0.15, 0.2) is 0 Å². The van der Waals surface area contributed by atoms with E-state index in [0.29, 0.717) is 0 Å². The number of rotatable bonds is 0. The number of halogens is 1. The summed E-state index contributed by atoms with van der Waals surface area (Å²) in [5, 5.41) is 0. The van der Waals surface area contributed by atoms with Crippen LogP contribution in [-0.2, 0) is 18.6 Å². The van der Waals surface area contributed by atoms with Crippen LogP contribution in [0.3, 0.4) is 0 Å². The van der Waals surface area contributed by atoms with Gasteiger partial charge in [-0.1, -0.05) is 0 Å². The molecule has 4 heteroatoms. The fourth-order valence-corrected chi connectivity index (χ4v) is 0. The van der Waals surface area contributed by atoms with E-state index in [0.717, 1.165) is 0 Å². The molecule has 0 aromatic rings. The summed E-state index contributed by atoms with van der Waals surface area (Å²) in [5.74, 6) is 0. The molecule has 0 rings (SSSR count). The summed E-state index contributed by atoms with van der Waals surface area (Å²) in [6, 6.07) is 0. The Labute approximate surface area is 47.9 Å². The van der Waals surface area contributed by atoms with Crippen LogP contribution in [0.25, 0.3) is 0 Å². The molecule has 2 radical (unpaired) electrons. The third-order valence-electron chi connectivity index (χ3n) is 0. The Hall–Kier alpha value is 1.07. The van der Waals surface area contributed by atoms with E-state index in [1.54, 1.807) is 0 Å². The van der Waals surface area contributed by atoms with Gasteiger partial charge >= 0.3 is 0 Å². The van der Waals surface area contributed by atoms with Crippen LogP contribution in [0.5, 0.6) is 0 Å². The quantitative estimate of drug-likeness (QED) is 0.344. The average molecular weight is 95.9 g/mol. The van der Waals surface area contributed by atoms with E-state index in [9.17, 15) is 0 Å². The molecular weight excluding hydrogens is 92.9 g/mol. The van der Waals surface area contributed by atoms with Crippen molar-refractivity contribution in [2.45, 2.75) is 0 Å². The molecule has 0 aromatic carbocycles. The fraction of sp³-hybridized carbons (Fsp3) is 0. The maximum Gasteiger partial charge on any atom is 0 e. The first-order valence-corrected chi connectivity index (χ1v) is 0. The molecule has 1 nitrogen and oxygen atoms in total. The van der Waals surface area contributed by atoms with Crippen molar-refractivity contribution in [2.75, 3.05) is 0 Å². The predicted molar refractivity (Wildman–Crippen MR) is 11.9 cm³/mol. The molecule has 0 aliphatic rings. The summed E-state index contributed by atoms with van der Waals surface area (Å²) in [6.07, 6.45) is 0. The first-order chi connectivity index (χ1) is 0. The molecule has 0 aliphatic heterocycles. The maximum atomic E-state index is 0. The Bertz CT molecular complexity index is 8.00. The van der Waals surface area contributed by atoms with Gasteiger partial charge in [-0.25, -0.2) is 0 Å². The number of hydrogen-bond acceptors (Lipinski definition) is 0. The van der Waals surface area contributed by atoms with Gasteiger partial charge in [0.2, 0.25) is 0 Å². The Kier molecular flexibility index (Phi) is 612. The zero-order valence-electron chi connectivity index (χ0n) is 2.36. The second kappa shape index (κ2) is 33.4. The van der Waals surface area contributed by atoms with E-state index in [1.165, 1.54) is 0 Å². The fourth-order valence-electron chi connectivity index (χ4n) is 0. The minimum absolute atomic E-state index is 0. The Morgan fingerprint density at radius 2 is 1.00 bits per heavy atom. The summed E-state index contributed by atoms with van der Waals surface area (Å²) >= 11 is 0. The predicted octanol–water partition coefficient (Wildman–Crippen LogP) is -1.06. The van der Waals surface area contributed by atoms with Gasteiger partial charge in [0.1, 0.15) is 0 Å². The van der Waals surface area contributed by atoms with Crippen molar-refractivity contribution < 1.29 is 28.7 Å². The summed E-state index contributed by atoms with van der Waals surface area (Å²) < 4.78 is 0. The van der Waals surface area contributed by atoms with Crippen LogP contribution >= 0.6 is 0 Å². The molecule has 0 saturated heterocycles. The molecule has 0 heterocycles. The van der Waals surface area contributed by atoms with Crippen LogP contribution in [0.1, 0.15) is 0 Å². The Morgan fingerprint density at radius 3 is 1.00 bits per heavy atom. The molecule has 4 heavy (non-hydrogen) atoms. The largest absolute Gasteiger partial charge is 0.412 e. The van der Waals surface area contributed by atoms with Crippen LogP contribution in [0.4, 0.5) is 4.70 Å². The van der Waals surface area contributed by atoms with E-state index >= 15 is 0 Å². The van der Waals surface area contributed by atoms with Gasteiger partial charge in [-0.15, -0.1) is 0 Å². The van der Waals surface area contributed by atoms with Crippen molar-refractivity contribution in [3.05, 3.63) is 0 Å². The minimum Gasteiger partial charge on any atom is -0.412 e.